The molecule has 1 rings (SSSR count). The van der Waals surface area contributed by atoms with Gasteiger partial charge in [-0.2, -0.15) is 0 Å². The first kappa shape index (κ1) is 15.5. The highest BCUT2D eigenvalue weighted by Crippen LogP contribution is 2.13. The van der Waals surface area contributed by atoms with Gasteiger partial charge < -0.3 is 20.5 Å². The third kappa shape index (κ3) is 5.28. The molecule has 0 spiro atoms. The zero-order valence-electron chi connectivity index (χ0n) is 11.7. The molecule has 1 aromatic carbocycles. The summed E-state index contributed by atoms with van der Waals surface area (Å²) in [5, 5.41) is 2.87. The van der Waals surface area contributed by atoms with Crippen molar-refractivity contribution in [3.63, 3.8) is 0 Å². The van der Waals surface area contributed by atoms with Gasteiger partial charge in [-0.25, -0.2) is 0 Å². The number of amides is 1. The van der Waals surface area contributed by atoms with Crippen LogP contribution < -0.4 is 15.8 Å². The number of methoxy groups -OCH3 is 2. The number of hydrogen-bond acceptors (Lipinski definition) is 4. The van der Waals surface area contributed by atoms with Crippen molar-refractivity contribution in [2.75, 3.05) is 20.8 Å². The number of ether oxygens (including phenoxy) is 2. The molecule has 5 nitrogen and oxygen atoms in total. The predicted molar refractivity (Wildman–Crippen MR) is 74.2 cm³/mol. The number of nitrogens with two attached hydrogens (primary N) is 1. The first-order valence-electron chi connectivity index (χ1n) is 6.24. The van der Waals surface area contributed by atoms with Crippen LogP contribution >= 0.6 is 0 Å². The smallest absolute Gasteiger partial charge is 0.239 e. The Morgan fingerprint density at radius 1 is 1.42 bits per heavy atom. The Hall–Kier alpha value is -1.59. The molecule has 0 aliphatic heterocycles. The molecule has 0 aliphatic rings. The Bertz CT molecular complexity index is 409. The number of nitrogens with one attached hydrogen (secondary N) is 1. The molecule has 0 saturated carbocycles. The van der Waals surface area contributed by atoms with Crippen molar-refractivity contribution in [2.45, 2.75) is 25.4 Å². The largest absolute Gasteiger partial charge is 0.497 e. The number of benzene rings is 1. The van der Waals surface area contributed by atoms with Gasteiger partial charge in [-0.1, -0.05) is 12.1 Å². The van der Waals surface area contributed by atoms with Gasteiger partial charge in [-0.3, -0.25) is 4.79 Å². The average Bonchev–Trinajstić information content (AvgIpc) is 2.39. The Morgan fingerprint density at radius 2 is 2.16 bits per heavy atom. The van der Waals surface area contributed by atoms with Gasteiger partial charge in [-0.15, -0.1) is 0 Å². The highest BCUT2D eigenvalue weighted by molar-refractivity contribution is 5.81. The fraction of sp³-hybridized carbons (Fsp3) is 0.500. The summed E-state index contributed by atoms with van der Waals surface area (Å²) in [6, 6.07) is 7.15. The lowest BCUT2D eigenvalue weighted by Crippen LogP contribution is -2.47. The molecular weight excluding hydrogens is 244 g/mol. The molecule has 2 unspecified atom stereocenters. The first-order chi connectivity index (χ1) is 9.06. The Morgan fingerprint density at radius 3 is 2.79 bits per heavy atom. The van der Waals surface area contributed by atoms with Crippen molar-refractivity contribution in [1.29, 1.82) is 0 Å². The molecule has 0 aliphatic carbocycles. The van der Waals surface area contributed by atoms with Crippen molar-refractivity contribution in [3.8, 4) is 5.75 Å². The zero-order chi connectivity index (χ0) is 14.3. The first-order valence-corrected chi connectivity index (χ1v) is 6.24. The minimum absolute atomic E-state index is 0.00233. The molecule has 0 heterocycles. The lowest BCUT2D eigenvalue weighted by molar-refractivity contribution is -0.124. The quantitative estimate of drug-likeness (QED) is 0.762. The Labute approximate surface area is 114 Å². The summed E-state index contributed by atoms with van der Waals surface area (Å²) >= 11 is 0. The number of carbonyl (C=O) groups is 1. The summed E-state index contributed by atoms with van der Waals surface area (Å²) in [6.07, 6.45) is 0.725. The van der Waals surface area contributed by atoms with E-state index in [4.69, 9.17) is 15.2 Å². The maximum Gasteiger partial charge on any atom is 0.239 e. The van der Waals surface area contributed by atoms with E-state index in [1.165, 1.54) is 7.11 Å². The Kier molecular flexibility index (Phi) is 6.32. The van der Waals surface area contributed by atoms with Crippen LogP contribution in [0.3, 0.4) is 0 Å². The molecule has 0 aromatic heterocycles. The van der Waals surface area contributed by atoms with E-state index in [-0.39, 0.29) is 18.6 Å². The SMILES string of the molecule is COCC(N)C(=O)NC(C)Cc1cccc(OC)c1. The standard InChI is InChI=1S/C14H22N2O3/c1-10(16-14(17)13(15)9-18-2)7-11-5-4-6-12(8-11)19-3/h4-6,8,10,13H,7,9,15H2,1-3H3,(H,16,17). The highest BCUT2D eigenvalue weighted by atomic mass is 16.5. The number of carbonyl (C=O) groups excluding carboxylic acids is 1. The molecule has 106 valence electrons. The van der Waals surface area contributed by atoms with Crippen LogP contribution in [0.5, 0.6) is 5.75 Å². The van der Waals surface area contributed by atoms with Crippen LogP contribution in [0, 0.1) is 0 Å². The van der Waals surface area contributed by atoms with E-state index in [2.05, 4.69) is 5.32 Å². The summed E-state index contributed by atoms with van der Waals surface area (Å²) in [5.41, 5.74) is 6.76. The second kappa shape index (κ2) is 7.76. The van der Waals surface area contributed by atoms with Gasteiger partial charge in [0, 0.05) is 13.2 Å². The fourth-order valence-corrected chi connectivity index (χ4v) is 1.81. The van der Waals surface area contributed by atoms with Crippen LogP contribution in [0.2, 0.25) is 0 Å². The maximum absolute atomic E-state index is 11.7. The van der Waals surface area contributed by atoms with Gasteiger partial charge in [0.15, 0.2) is 0 Å². The normalized spacial score (nSPS) is 13.7. The summed E-state index contributed by atoms with van der Waals surface area (Å²) in [6.45, 7) is 2.16. The number of rotatable bonds is 7. The van der Waals surface area contributed by atoms with Crippen LogP contribution in [0.4, 0.5) is 0 Å². The van der Waals surface area contributed by atoms with Crippen LogP contribution in [-0.4, -0.2) is 38.8 Å². The van der Waals surface area contributed by atoms with Crippen molar-refractivity contribution in [1.82, 2.24) is 5.32 Å². The summed E-state index contributed by atoms with van der Waals surface area (Å²) in [5.74, 6) is 0.615. The molecule has 2 atom stereocenters. The summed E-state index contributed by atoms with van der Waals surface area (Å²) < 4.78 is 10.0. The van der Waals surface area contributed by atoms with E-state index in [0.29, 0.717) is 0 Å². The summed E-state index contributed by atoms with van der Waals surface area (Å²) in [4.78, 5) is 11.7. The number of hydrogen-bond donors (Lipinski definition) is 2. The van der Waals surface area contributed by atoms with E-state index >= 15 is 0 Å². The average molecular weight is 266 g/mol. The molecule has 0 fully saturated rings. The van der Waals surface area contributed by atoms with E-state index in [1.54, 1.807) is 7.11 Å². The van der Waals surface area contributed by atoms with Crippen LogP contribution in [0.25, 0.3) is 0 Å². The van der Waals surface area contributed by atoms with Gasteiger partial charge in [-0.05, 0) is 31.0 Å². The van der Waals surface area contributed by atoms with Gasteiger partial charge >= 0.3 is 0 Å². The molecular formula is C14H22N2O3. The Balaban J connectivity index is 2.50. The highest BCUT2D eigenvalue weighted by Gasteiger charge is 2.15. The van der Waals surface area contributed by atoms with Crippen molar-refractivity contribution in [3.05, 3.63) is 29.8 Å². The van der Waals surface area contributed by atoms with Gasteiger partial charge in [0.1, 0.15) is 11.8 Å². The second-order valence-corrected chi connectivity index (χ2v) is 4.53. The third-order valence-electron chi connectivity index (χ3n) is 2.75. The minimum atomic E-state index is -0.627. The van der Waals surface area contributed by atoms with Gasteiger partial charge in [0.25, 0.3) is 0 Å². The minimum Gasteiger partial charge on any atom is -0.497 e. The lowest BCUT2D eigenvalue weighted by Gasteiger charge is -2.17. The summed E-state index contributed by atoms with van der Waals surface area (Å²) in [7, 11) is 3.15. The molecule has 1 aromatic rings. The molecule has 1 amide bonds. The molecule has 5 heteroatoms. The van der Waals surface area contributed by atoms with E-state index in [1.807, 2.05) is 31.2 Å². The van der Waals surface area contributed by atoms with Crippen molar-refractivity contribution >= 4 is 5.91 Å². The van der Waals surface area contributed by atoms with Crippen LogP contribution in [0.15, 0.2) is 24.3 Å². The van der Waals surface area contributed by atoms with Crippen LogP contribution in [0.1, 0.15) is 12.5 Å². The molecule has 0 saturated heterocycles. The molecule has 0 bridgehead atoms. The van der Waals surface area contributed by atoms with Gasteiger partial charge in [0.05, 0.1) is 13.7 Å². The molecule has 19 heavy (non-hydrogen) atoms. The lowest BCUT2D eigenvalue weighted by atomic mass is 10.1. The maximum atomic E-state index is 11.7. The van der Waals surface area contributed by atoms with E-state index in [0.717, 1.165) is 17.7 Å². The predicted octanol–water partition coefficient (Wildman–Crippen LogP) is 0.716. The molecule has 0 radical (unpaired) electrons. The fourth-order valence-electron chi connectivity index (χ4n) is 1.81. The van der Waals surface area contributed by atoms with Gasteiger partial charge in [0.2, 0.25) is 5.91 Å². The topological polar surface area (TPSA) is 73.6 Å². The molecule has 3 N–H and O–H groups in total. The second-order valence-electron chi connectivity index (χ2n) is 4.53. The van der Waals surface area contributed by atoms with E-state index in [9.17, 15) is 4.79 Å². The van der Waals surface area contributed by atoms with E-state index < -0.39 is 6.04 Å². The van der Waals surface area contributed by atoms with Crippen molar-refractivity contribution < 1.29 is 14.3 Å². The van der Waals surface area contributed by atoms with Crippen molar-refractivity contribution in [2.24, 2.45) is 5.73 Å². The van der Waals surface area contributed by atoms with Crippen LogP contribution in [-0.2, 0) is 16.0 Å². The zero-order valence-corrected chi connectivity index (χ0v) is 11.7. The monoisotopic (exact) mass is 266 g/mol. The third-order valence-corrected chi connectivity index (χ3v) is 2.75.